The summed E-state index contributed by atoms with van der Waals surface area (Å²) in [7, 11) is 0. The van der Waals surface area contributed by atoms with Crippen molar-refractivity contribution in [3.8, 4) is 22.5 Å². The fourth-order valence-corrected chi connectivity index (χ4v) is 4.80. The molecule has 2 heterocycles. The molecule has 0 aliphatic carbocycles. The molecule has 2 aromatic carbocycles. The van der Waals surface area contributed by atoms with Crippen molar-refractivity contribution in [2.24, 2.45) is 5.92 Å². The number of H-pyrrole nitrogens is 1. The van der Waals surface area contributed by atoms with E-state index in [0.29, 0.717) is 43.6 Å². The number of aromatic amines is 1. The Kier molecular flexibility index (Phi) is 9.36. The minimum atomic E-state index is -0.930. The lowest BCUT2D eigenvalue weighted by atomic mass is 9.97. The maximum atomic E-state index is 6.11. The van der Waals surface area contributed by atoms with Crippen molar-refractivity contribution < 1.29 is 9.47 Å². The predicted molar refractivity (Wildman–Crippen MR) is 147 cm³/mol. The van der Waals surface area contributed by atoms with Gasteiger partial charge >= 0.3 is 0 Å². The van der Waals surface area contributed by atoms with Crippen LogP contribution in [0.5, 0.6) is 0 Å². The highest BCUT2D eigenvalue weighted by molar-refractivity contribution is 5.80. The second kappa shape index (κ2) is 12.9. The van der Waals surface area contributed by atoms with E-state index in [-0.39, 0.29) is 0 Å². The number of nitrogens with zero attached hydrogens (tertiary/aromatic N) is 6. The van der Waals surface area contributed by atoms with E-state index >= 15 is 0 Å². The van der Waals surface area contributed by atoms with Crippen LogP contribution in [0.3, 0.4) is 0 Å². The molecule has 0 aliphatic rings. The van der Waals surface area contributed by atoms with E-state index in [1.165, 1.54) is 0 Å². The summed E-state index contributed by atoms with van der Waals surface area (Å²) >= 11 is 0. The molecule has 4 rings (SSSR count). The quantitative estimate of drug-likeness (QED) is 0.211. The number of hydrogen-bond donors (Lipinski definition) is 1. The van der Waals surface area contributed by atoms with Crippen LogP contribution in [0.1, 0.15) is 71.1 Å². The summed E-state index contributed by atoms with van der Waals surface area (Å²) in [5.41, 5.74) is 4.28. The van der Waals surface area contributed by atoms with Crippen molar-refractivity contribution in [1.82, 2.24) is 35.4 Å². The van der Waals surface area contributed by atoms with E-state index in [2.05, 4.69) is 76.4 Å². The Morgan fingerprint density at radius 1 is 0.895 bits per heavy atom. The molecule has 38 heavy (non-hydrogen) atoms. The molecule has 0 fully saturated rings. The van der Waals surface area contributed by atoms with Gasteiger partial charge in [-0.05, 0) is 46.9 Å². The van der Waals surface area contributed by atoms with Crippen LogP contribution in [0, 0.1) is 5.92 Å². The topological polar surface area (TPSA) is 104 Å². The lowest BCUT2D eigenvalue weighted by Crippen LogP contribution is -2.34. The predicted octanol–water partition coefficient (Wildman–Crippen LogP) is 5.79. The molecule has 2 aromatic heterocycles. The zero-order valence-corrected chi connectivity index (χ0v) is 23.1. The van der Waals surface area contributed by atoms with Crippen molar-refractivity contribution in [2.75, 3.05) is 13.2 Å². The van der Waals surface area contributed by atoms with Gasteiger partial charge in [-0.1, -0.05) is 82.1 Å². The van der Waals surface area contributed by atoms with Crippen LogP contribution in [-0.2, 0) is 28.2 Å². The number of aromatic nitrogens is 7. The first-order valence-corrected chi connectivity index (χ1v) is 13.7. The first kappa shape index (κ1) is 27.6. The van der Waals surface area contributed by atoms with E-state index in [1.54, 1.807) is 0 Å². The number of benzene rings is 2. The standard InChI is InChI=1S/C29H39N7O2/c1-6-21(7-2)20-36-26(30-28(33-36)29(8-3,37-9-4)38-10-5)19-22-15-17-23(18-16-22)24-13-11-12-14-25(24)27-31-34-35-32-27/h11-18,21H,6-10,19-20H2,1-5H3,(H,31,32,34,35). The van der Waals surface area contributed by atoms with Gasteiger partial charge in [0.05, 0.1) is 0 Å². The fourth-order valence-electron chi connectivity index (χ4n) is 4.80. The van der Waals surface area contributed by atoms with Crippen molar-refractivity contribution in [2.45, 2.75) is 72.6 Å². The molecule has 0 saturated heterocycles. The van der Waals surface area contributed by atoms with E-state index in [0.717, 1.165) is 47.5 Å². The zero-order valence-electron chi connectivity index (χ0n) is 23.1. The van der Waals surface area contributed by atoms with Crippen molar-refractivity contribution in [3.63, 3.8) is 0 Å². The normalized spacial score (nSPS) is 11.9. The lowest BCUT2D eigenvalue weighted by Gasteiger charge is -2.29. The molecule has 0 aliphatic heterocycles. The van der Waals surface area contributed by atoms with Gasteiger partial charge in [-0.3, -0.25) is 0 Å². The number of rotatable bonds is 14. The molecule has 0 amide bonds. The van der Waals surface area contributed by atoms with Crippen LogP contribution in [0.4, 0.5) is 0 Å². The summed E-state index contributed by atoms with van der Waals surface area (Å²) in [5, 5.41) is 19.4. The van der Waals surface area contributed by atoms with Crippen LogP contribution < -0.4 is 0 Å². The zero-order chi connectivity index (χ0) is 27.0. The summed E-state index contributed by atoms with van der Waals surface area (Å²) in [5.74, 6) is 1.78. The van der Waals surface area contributed by atoms with Gasteiger partial charge in [0, 0.05) is 38.2 Å². The first-order valence-electron chi connectivity index (χ1n) is 13.7. The van der Waals surface area contributed by atoms with Crippen LogP contribution >= 0.6 is 0 Å². The van der Waals surface area contributed by atoms with Crippen molar-refractivity contribution >= 4 is 0 Å². The second-order valence-corrected chi connectivity index (χ2v) is 9.36. The monoisotopic (exact) mass is 517 g/mol. The highest BCUT2D eigenvalue weighted by Crippen LogP contribution is 2.31. The molecule has 9 heteroatoms. The van der Waals surface area contributed by atoms with E-state index in [4.69, 9.17) is 19.6 Å². The Morgan fingerprint density at radius 3 is 2.16 bits per heavy atom. The molecule has 0 radical (unpaired) electrons. The molecule has 0 spiro atoms. The Morgan fingerprint density at radius 2 is 1.58 bits per heavy atom. The molecule has 4 aromatic rings. The molecule has 9 nitrogen and oxygen atoms in total. The molecule has 0 saturated carbocycles. The van der Waals surface area contributed by atoms with E-state index in [9.17, 15) is 0 Å². The van der Waals surface area contributed by atoms with Gasteiger partial charge in [0.25, 0.3) is 0 Å². The van der Waals surface area contributed by atoms with Gasteiger partial charge in [0.1, 0.15) is 5.82 Å². The van der Waals surface area contributed by atoms with Crippen LogP contribution in [0.25, 0.3) is 22.5 Å². The highest BCUT2D eigenvalue weighted by Gasteiger charge is 2.37. The van der Waals surface area contributed by atoms with Gasteiger partial charge in [-0.2, -0.15) is 5.10 Å². The summed E-state index contributed by atoms with van der Waals surface area (Å²) in [6.45, 7) is 12.3. The molecule has 0 atom stereocenters. The third kappa shape index (κ3) is 6.00. The lowest BCUT2D eigenvalue weighted by molar-refractivity contribution is -0.249. The third-order valence-corrected chi connectivity index (χ3v) is 7.05. The largest absolute Gasteiger partial charge is 0.344 e. The Labute approximate surface area is 225 Å². The smallest absolute Gasteiger partial charge is 0.231 e. The summed E-state index contributed by atoms with van der Waals surface area (Å²) < 4.78 is 14.3. The molecular weight excluding hydrogens is 478 g/mol. The van der Waals surface area contributed by atoms with Gasteiger partial charge in [0.2, 0.25) is 11.6 Å². The maximum Gasteiger partial charge on any atom is 0.231 e. The Hall–Kier alpha value is -3.43. The number of nitrogens with one attached hydrogen (secondary N) is 1. The Bertz CT molecular complexity index is 1260. The maximum absolute atomic E-state index is 6.11. The highest BCUT2D eigenvalue weighted by atomic mass is 16.7. The third-order valence-electron chi connectivity index (χ3n) is 7.05. The van der Waals surface area contributed by atoms with Crippen molar-refractivity contribution in [1.29, 1.82) is 0 Å². The minimum absolute atomic E-state index is 0.525. The summed E-state index contributed by atoms with van der Waals surface area (Å²) in [4.78, 5) is 5.01. The van der Waals surface area contributed by atoms with E-state index < -0.39 is 5.79 Å². The molecule has 0 unspecified atom stereocenters. The van der Waals surface area contributed by atoms with E-state index in [1.807, 2.05) is 32.0 Å². The molecular formula is C29H39N7O2. The van der Waals surface area contributed by atoms with Gasteiger partial charge in [-0.25, -0.2) is 14.8 Å². The fraction of sp³-hybridized carbons (Fsp3) is 0.483. The SMILES string of the molecule is CCOC(CC)(OCC)c1nc(Cc2ccc(-c3ccccc3-c3nnn[nH]3)cc2)n(CC(CC)CC)n1. The minimum Gasteiger partial charge on any atom is -0.344 e. The second-order valence-electron chi connectivity index (χ2n) is 9.36. The van der Waals surface area contributed by atoms with Gasteiger partial charge < -0.3 is 9.47 Å². The summed E-state index contributed by atoms with van der Waals surface area (Å²) in [6, 6.07) is 16.7. The van der Waals surface area contributed by atoms with Gasteiger partial charge in [-0.15, -0.1) is 5.10 Å². The molecule has 202 valence electrons. The number of hydrogen-bond acceptors (Lipinski definition) is 7. The molecule has 1 N–H and O–H groups in total. The number of ether oxygens (including phenoxy) is 2. The number of tetrazole rings is 1. The molecule has 0 bridgehead atoms. The average Bonchev–Trinajstić information content (AvgIpc) is 3.63. The van der Waals surface area contributed by atoms with Crippen LogP contribution in [-0.4, -0.2) is 48.6 Å². The Balaban J connectivity index is 1.65. The summed E-state index contributed by atoms with van der Waals surface area (Å²) in [6.07, 6.45) is 3.49. The average molecular weight is 518 g/mol. The van der Waals surface area contributed by atoms with Crippen LogP contribution in [0.2, 0.25) is 0 Å². The first-order chi connectivity index (χ1) is 18.6. The van der Waals surface area contributed by atoms with Crippen LogP contribution in [0.15, 0.2) is 48.5 Å². The van der Waals surface area contributed by atoms with Gasteiger partial charge in [0.15, 0.2) is 5.82 Å². The van der Waals surface area contributed by atoms with Crippen molar-refractivity contribution in [3.05, 3.63) is 65.7 Å².